The third kappa shape index (κ3) is 3.30. The second kappa shape index (κ2) is 6.58. The summed E-state index contributed by atoms with van der Waals surface area (Å²) in [5.74, 6) is 0.475. The van der Waals surface area contributed by atoms with E-state index in [0.717, 1.165) is 10.9 Å². The van der Waals surface area contributed by atoms with Crippen LogP contribution in [-0.2, 0) is 6.54 Å². The molecule has 0 atom stereocenters. The van der Waals surface area contributed by atoms with E-state index >= 15 is 0 Å². The van der Waals surface area contributed by atoms with Crippen molar-refractivity contribution >= 4 is 16.8 Å². The van der Waals surface area contributed by atoms with E-state index in [-0.39, 0.29) is 18.0 Å². The summed E-state index contributed by atoms with van der Waals surface area (Å²) in [6.45, 7) is 2.13. The molecule has 1 heterocycles. The highest BCUT2D eigenvalue weighted by Gasteiger charge is 2.08. The molecule has 0 saturated heterocycles. The number of aryl methyl sites for hydroxylation is 1. The number of ether oxygens (including phenoxy) is 1. The SMILES string of the molecule is COc1ccc2cc(CNC(=O)c3ccc(C)cc3)c(=O)[nH]c2c1. The minimum Gasteiger partial charge on any atom is -0.497 e. The third-order valence-corrected chi connectivity index (χ3v) is 3.88. The smallest absolute Gasteiger partial charge is 0.253 e. The molecule has 2 aromatic carbocycles. The molecule has 1 amide bonds. The number of hydrogen-bond donors (Lipinski definition) is 2. The second-order valence-corrected chi connectivity index (χ2v) is 5.63. The van der Waals surface area contributed by atoms with Gasteiger partial charge in [0.05, 0.1) is 12.6 Å². The molecular formula is C19H18N2O3. The van der Waals surface area contributed by atoms with E-state index in [4.69, 9.17) is 4.74 Å². The molecule has 0 radical (unpaired) electrons. The first kappa shape index (κ1) is 15.8. The standard InChI is InChI=1S/C19H18N2O3/c1-12-3-5-13(6-4-12)18(22)20-11-15-9-14-7-8-16(24-2)10-17(14)21-19(15)23/h3-10H,11H2,1-2H3,(H,20,22)(H,21,23). The third-order valence-electron chi connectivity index (χ3n) is 3.88. The molecule has 0 spiro atoms. The van der Waals surface area contributed by atoms with Crippen LogP contribution in [-0.4, -0.2) is 18.0 Å². The van der Waals surface area contributed by atoms with Crippen LogP contribution in [0.5, 0.6) is 5.75 Å². The maximum absolute atomic E-state index is 12.2. The quantitative estimate of drug-likeness (QED) is 0.776. The summed E-state index contributed by atoms with van der Waals surface area (Å²) in [5, 5.41) is 3.66. The molecule has 0 saturated carbocycles. The average Bonchev–Trinajstić information content (AvgIpc) is 2.59. The van der Waals surface area contributed by atoms with E-state index in [2.05, 4.69) is 10.3 Å². The monoisotopic (exact) mass is 322 g/mol. The Labute approximate surface area is 139 Å². The predicted molar refractivity (Wildman–Crippen MR) is 93.5 cm³/mol. The molecule has 122 valence electrons. The van der Waals surface area contributed by atoms with Crippen LogP contribution in [0.15, 0.2) is 53.3 Å². The summed E-state index contributed by atoms with van der Waals surface area (Å²) in [7, 11) is 1.58. The molecule has 0 aliphatic rings. The molecule has 5 heteroatoms. The zero-order valence-electron chi connectivity index (χ0n) is 13.6. The molecule has 3 aromatic rings. The number of methoxy groups -OCH3 is 1. The van der Waals surface area contributed by atoms with Crippen molar-refractivity contribution in [3.05, 3.63) is 75.6 Å². The Morgan fingerprint density at radius 2 is 1.88 bits per heavy atom. The summed E-state index contributed by atoms with van der Waals surface area (Å²) in [6, 6.07) is 14.5. The first-order valence-electron chi connectivity index (χ1n) is 7.61. The van der Waals surface area contributed by atoms with Gasteiger partial charge in [-0.05, 0) is 42.6 Å². The van der Waals surface area contributed by atoms with Crippen molar-refractivity contribution in [3.63, 3.8) is 0 Å². The van der Waals surface area contributed by atoms with Gasteiger partial charge in [-0.25, -0.2) is 0 Å². The fourth-order valence-corrected chi connectivity index (χ4v) is 2.47. The Morgan fingerprint density at radius 3 is 2.58 bits per heavy atom. The van der Waals surface area contributed by atoms with Gasteiger partial charge in [0.2, 0.25) is 0 Å². The van der Waals surface area contributed by atoms with Crippen LogP contribution < -0.4 is 15.6 Å². The van der Waals surface area contributed by atoms with Gasteiger partial charge < -0.3 is 15.0 Å². The highest BCUT2D eigenvalue weighted by molar-refractivity contribution is 5.94. The predicted octanol–water partition coefficient (Wildman–Crippen LogP) is 2.78. The number of hydrogen-bond acceptors (Lipinski definition) is 3. The van der Waals surface area contributed by atoms with Crippen LogP contribution in [0.2, 0.25) is 0 Å². The van der Waals surface area contributed by atoms with Gasteiger partial charge in [-0.2, -0.15) is 0 Å². The molecule has 5 nitrogen and oxygen atoms in total. The number of aromatic nitrogens is 1. The molecule has 0 aliphatic heterocycles. The summed E-state index contributed by atoms with van der Waals surface area (Å²) < 4.78 is 5.15. The van der Waals surface area contributed by atoms with Crippen molar-refractivity contribution in [3.8, 4) is 5.75 Å². The fraction of sp³-hybridized carbons (Fsp3) is 0.158. The van der Waals surface area contributed by atoms with Crippen molar-refractivity contribution in [2.45, 2.75) is 13.5 Å². The maximum atomic E-state index is 12.2. The zero-order chi connectivity index (χ0) is 17.1. The van der Waals surface area contributed by atoms with Crippen molar-refractivity contribution in [1.29, 1.82) is 0 Å². The normalized spacial score (nSPS) is 10.6. The number of rotatable bonds is 4. The van der Waals surface area contributed by atoms with Gasteiger partial charge in [0.25, 0.3) is 11.5 Å². The van der Waals surface area contributed by atoms with Crippen molar-refractivity contribution in [1.82, 2.24) is 10.3 Å². The van der Waals surface area contributed by atoms with Crippen LogP contribution in [0.25, 0.3) is 10.9 Å². The summed E-state index contributed by atoms with van der Waals surface area (Å²) in [6.07, 6.45) is 0. The number of pyridine rings is 1. The number of amides is 1. The van der Waals surface area contributed by atoms with Crippen molar-refractivity contribution in [2.24, 2.45) is 0 Å². The Hall–Kier alpha value is -3.08. The highest BCUT2D eigenvalue weighted by atomic mass is 16.5. The molecule has 0 aliphatic carbocycles. The highest BCUT2D eigenvalue weighted by Crippen LogP contribution is 2.18. The first-order valence-corrected chi connectivity index (χ1v) is 7.61. The van der Waals surface area contributed by atoms with E-state index in [9.17, 15) is 9.59 Å². The molecule has 3 rings (SSSR count). The van der Waals surface area contributed by atoms with Crippen LogP contribution in [0.3, 0.4) is 0 Å². The van der Waals surface area contributed by atoms with Crippen molar-refractivity contribution in [2.75, 3.05) is 7.11 Å². The summed E-state index contributed by atoms with van der Waals surface area (Å²) in [5.41, 5.74) is 2.65. The molecule has 0 bridgehead atoms. The van der Waals surface area contributed by atoms with Gasteiger partial charge in [0.1, 0.15) is 5.75 Å². The lowest BCUT2D eigenvalue weighted by atomic mass is 10.1. The lowest BCUT2D eigenvalue weighted by Crippen LogP contribution is -2.26. The van der Waals surface area contributed by atoms with Crippen LogP contribution in [0, 0.1) is 6.92 Å². The molecular weight excluding hydrogens is 304 g/mol. The topological polar surface area (TPSA) is 71.2 Å². The number of aromatic amines is 1. The second-order valence-electron chi connectivity index (χ2n) is 5.63. The van der Waals surface area contributed by atoms with Gasteiger partial charge in [-0.15, -0.1) is 0 Å². The minimum atomic E-state index is -0.222. The van der Waals surface area contributed by atoms with Crippen LogP contribution in [0.1, 0.15) is 21.5 Å². The fourth-order valence-electron chi connectivity index (χ4n) is 2.47. The number of benzene rings is 2. The van der Waals surface area contributed by atoms with E-state index < -0.39 is 0 Å². The molecule has 0 fully saturated rings. The van der Waals surface area contributed by atoms with Crippen LogP contribution >= 0.6 is 0 Å². The molecule has 2 N–H and O–H groups in total. The first-order chi connectivity index (χ1) is 11.6. The average molecular weight is 322 g/mol. The number of fused-ring (bicyclic) bond motifs is 1. The van der Waals surface area contributed by atoms with E-state index in [1.807, 2.05) is 31.2 Å². The Kier molecular flexibility index (Phi) is 4.33. The lowest BCUT2D eigenvalue weighted by molar-refractivity contribution is 0.0951. The Balaban J connectivity index is 1.79. The van der Waals surface area contributed by atoms with E-state index in [1.165, 1.54) is 0 Å². The maximum Gasteiger partial charge on any atom is 0.253 e. The zero-order valence-corrected chi connectivity index (χ0v) is 13.6. The Bertz CT molecular complexity index is 943. The summed E-state index contributed by atoms with van der Waals surface area (Å²) in [4.78, 5) is 27.1. The van der Waals surface area contributed by atoms with Gasteiger partial charge in [-0.1, -0.05) is 17.7 Å². The van der Waals surface area contributed by atoms with Crippen LogP contribution in [0.4, 0.5) is 0 Å². The summed E-state index contributed by atoms with van der Waals surface area (Å²) >= 11 is 0. The lowest BCUT2D eigenvalue weighted by Gasteiger charge is -2.07. The van der Waals surface area contributed by atoms with Gasteiger partial charge in [-0.3, -0.25) is 9.59 Å². The van der Waals surface area contributed by atoms with Gasteiger partial charge in [0, 0.05) is 23.7 Å². The number of nitrogens with one attached hydrogen (secondary N) is 2. The van der Waals surface area contributed by atoms with Gasteiger partial charge in [0.15, 0.2) is 0 Å². The molecule has 24 heavy (non-hydrogen) atoms. The Morgan fingerprint density at radius 1 is 1.12 bits per heavy atom. The minimum absolute atomic E-state index is 0.171. The van der Waals surface area contributed by atoms with Gasteiger partial charge >= 0.3 is 0 Å². The van der Waals surface area contributed by atoms with Crippen molar-refractivity contribution < 1.29 is 9.53 Å². The number of carbonyl (C=O) groups excluding carboxylic acids is 1. The molecule has 1 aromatic heterocycles. The number of carbonyl (C=O) groups is 1. The largest absolute Gasteiger partial charge is 0.497 e. The number of H-pyrrole nitrogens is 1. The van der Waals surface area contributed by atoms with E-state index in [0.29, 0.717) is 22.4 Å². The molecule has 0 unspecified atom stereocenters. The van der Waals surface area contributed by atoms with E-state index in [1.54, 1.807) is 31.4 Å².